The van der Waals surface area contributed by atoms with E-state index >= 15 is 0 Å². The van der Waals surface area contributed by atoms with Gasteiger partial charge < -0.3 is 16.0 Å². The first-order valence-electron chi connectivity index (χ1n) is 7.08. The average Bonchev–Trinajstić information content (AvgIpc) is 2.73. The number of hydrogen-bond donors (Lipinski definition) is 3. The number of carbonyl (C=O) groups excluding carboxylic acids is 2. The van der Waals surface area contributed by atoms with Crippen LogP contribution in [0.4, 0.5) is 5.13 Å². The Labute approximate surface area is 128 Å². The Kier molecular flexibility index (Phi) is 4.95. The minimum atomic E-state index is -0.458. The largest absolute Gasteiger partial charge is 0.355 e. The maximum atomic E-state index is 11.9. The van der Waals surface area contributed by atoms with Crippen molar-refractivity contribution in [1.82, 2.24) is 15.6 Å². The lowest BCUT2D eigenvalue weighted by atomic mass is 9.96. The summed E-state index contributed by atoms with van der Waals surface area (Å²) in [6.07, 6.45) is 0.252. The zero-order chi connectivity index (χ0) is 15.5. The van der Waals surface area contributed by atoms with Gasteiger partial charge in [-0.05, 0) is 0 Å². The van der Waals surface area contributed by atoms with Gasteiger partial charge in [0.05, 0.1) is 12.1 Å². The average molecular weight is 310 g/mol. The van der Waals surface area contributed by atoms with Crippen molar-refractivity contribution in [2.24, 2.45) is 11.3 Å². The Hall–Kier alpha value is -1.47. The summed E-state index contributed by atoms with van der Waals surface area (Å²) >= 11 is 1.34. The minimum Gasteiger partial charge on any atom is -0.355 e. The van der Waals surface area contributed by atoms with E-state index in [2.05, 4.69) is 20.9 Å². The molecule has 1 aromatic heterocycles. The van der Waals surface area contributed by atoms with E-state index in [1.54, 1.807) is 0 Å². The zero-order valence-corrected chi connectivity index (χ0v) is 13.5. The molecule has 2 amide bonds. The van der Waals surface area contributed by atoms with Crippen molar-refractivity contribution in [1.29, 1.82) is 0 Å². The molecule has 0 radical (unpaired) electrons. The van der Waals surface area contributed by atoms with Crippen LogP contribution in [0.1, 0.15) is 26.5 Å². The number of thiazole rings is 1. The molecule has 6 nitrogen and oxygen atoms in total. The molecule has 2 heterocycles. The third kappa shape index (κ3) is 4.78. The van der Waals surface area contributed by atoms with E-state index in [0.717, 1.165) is 13.1 Å². The maximum absolute atomic E-state index is 11.9. The van der Waals surface area contributed by atoms with Crippen LogP contribution in [-0.2, 0) is 16.0 Å². The second kappa shape index (κ2) is 6.53. The second-order valence-electron chi connectivity index (χ2n) is 6.35. The van der Waals surface area contributed by atoms with Gasteiger partial charge in [-0.1, -0.05) is 20.8 Å². The molecule has 0 aromatic carbocycles. The fraction of sp³-hybridized carbons (Fsp3) is 0.643. The van der Waals surface area contributed by atoms with E-state index in [1.807, 2.05) is 26.2 Å². The molecule has 21 heavy (non-hydrogen) atoms. The van der Waals surface area contributed by atoms with E-state index in [4.69, 9.17) is 0 Å². The summed E-state index contributed by atoms with van der Waals surface area (Å²) < 4.78 is 0. The first kappa shape index (κ1) is 15.9. The van der Waals surface area contributed by atoms with Gasteiger partial charge in [0.25, 0.3) is 0 Å². The lowest BCUT2D eigenvalue weighted by Crippen LogP contribution is -2.48. The first-order chi connectivity index (χ1) is 9.84. The van der Waals surface area contributed by atoms with Gasteiger partial charge in [0.2, 0.25) is 11.8 Å². The highest BCUT2D eigenvalue weighted by Gasteiger charge is 2.22. The van der Waals surface area contributed by atoms with Crippen molar-refractivity contribution < 1.29 is 9.59 Å². The number of hydrogen-bond acceptors (Lipinski definition) is 5. The van der Waals surface area contributed by atoms with Crippen LogP contribution in [0.3, 0.4) is 0 Å². The van der Waals surface area contributed by atoms with Crippen LogP contribution < -0.4 is 16.0 Å². The summed E-state index contributed by atoms with van der Waals surface area (Å²) in [6, 6.07) is 0. The fourth-order valence-corrected chi connectivity index (χ4v) is 2.41. The van der Waals surface area contributed by atoms with Crippen LogP contribution in [0, 0.1) is 11.3 Å². The molecule has 7 heteroatoms. The molecular formula is C14H22N4O2S. The van der Waals surface area contributed by atoms with Crippen molar-refractivity contribution in [2.75, 3.05) is 25.0 Å². The summed E-state index contributed by atoms with van der Waals surface area (Å²) in [7, 11) is 0. The Balaban J connectivity index is 1.79. The van der Waals surface area contributed by atoms with Gasteiger partial charge in [0.1, 0.15) is 0 Å². The van der Waals surface area contributed by atoms with Gasteiger partial charge in [-0.2, -0.15) is 0 Å². The molecule has 116 valence electrons. The standard InChI is InChI=1S/C14H22N4O2S/c1-14(2,3)12(20)18-13-17-10(8-21-13)4-11(19)16-7-9-5-15-6-9/h8-9,15H,4-7H2,1-3H3,(H,16,19)(H,17,18,20). The van der Waals surface area contributed by atoms with Crippen LogP contribution in [0.5, 0.6) is 0 Å². The third-order valence-electron chi connectivity index (χ3n) is 3.25. The molecule has 0 saturated carbocycles. The Bertz CT molecular complexity index is 517. The maximum Gasteiger partial charge on any atom is 0.231 e. The summed E-state index contributed by atoms with van der Waals surface area (Å²) in [5, 5.41) is 11.2. The molecule has 2 rings (SSSR count). The molecule has 0 bridgehead atoms. The fourth-order valence-electron chi connectivity index (χ4n) is 1.71. The molecule has 0 spiro atoms. The molecule has 1 saturated heterocycles. The predicted molar refractivity (Wildman–Crippen MR) is 83.3 cm³/mol. The van der Waals surface area contributed by atoms with Crippen LogP contribution in [0.15, 0.2) is 5.38 Å². The van der Waals surface area contributed by atoms with Gasteiger partial charge in [0, 0.05) is 36.3 Å². The molecule has 1 aliphatic rings. The Morgan fingerprint density at radius 3 is 2.71 bits per heavy atom. The summed E-state index contributed by atoms with van der Waals surface area (Å²) in [5.41, 5.74) is 0.230. The van der Waals surface area contributed by atoms with Crippen molar-refractivity contribution in [3.05, 3.63) is 11.1 Å². The summed E-state index contributed by atoms with van der Waals surface area (Å²) in [5.74, 6) is 0.442. The SMILES string of the molecule is CC(C)(C)C(=O)Nc1nc(CC(=O)NCC2CNC2)cs1. The number of nitrogens with zero attached hydrogens (tertiary/aromatic N) is 1. The van der Waals surface area contributed by atoms with Gasteiger partial charge in [-0.15, -0.1) is 11.3 Å². The van der Waals surface area contributed by atoms with E-state index in [0.29, 0.717) is 23.3 Å². The number of amides is 2. The molecule has 0 unspecified atom stereocenters. The molecule has 0 aliphatic carbocycles. The quantitative estimate of drug-likeness (QED) is 0.758. The summed E-state index contributed by atoms with van der Waals surface area (Å²) in [6.45, 7) is 8.20. The molecule has 1 aromatic rings. The summed E-state index contributed by atoms with van der Waals surface area (Å²) in [4.78, 5) is 27.9. The highest BCUT2D eigenvalue weighted by Crippen LogP contribution is 2.20. The Morgan fingerprint density at radius 2 is 2.14 bits per heavy atom. The van der Waals surface area contributed by atoms with Crippen LogP contribution in [0.25, 0.3) is 0 Å². The van der Waals surface area contributed by atoms with Crippen molar-refractivity contribution in [2.45, 2.75) is 27.2 Å². The highest BCUT2D eigenvalue weighted by molar-refractivity contribution is 7.13. The third-order valence-corrected chi connectivity index (χ3v) is 4.06. The smallest absolute Gasteiger partial charge is 0.231 e. The monoisotopic (exact) mass is 310 g/mol. The molecule has 1 aliphatic heterocycles. The number of anilines is 1. The number of nitrogens with one attached hydrogen (secondary N) is 3. The predicted octanol–water partition coefficient (Wildman–Crippen LogP) is 1.01. The van der Waals surface area contributed by atoms with Gasteiger partial charge >= 0.3 is 0 Å². The van der Waals surface area contributed by atoms with Crippen LogP contribution in [-0.4, -0.2) is 36.4 Å². The topological polar surface area (TPSA) is 83.1 Å². The molecule has 1 fully saturated rings. The normalized spacial score (nSPS) is 15.4. The van der Waals surface area contributed by atoms with Crippen molar-refractivity contribution >= 4 is 28.3 Å². The first-order valence-corrected chi connectivity index (χ1v) is 7.96. The Morgan fingerprint density at radius 1 is 1.43 bits per heavy atom. The van der Waals surface area contributed by atoms with E-state index in [-0.39, 0.29) is 18.2 Å². The van der Waals surface area contributed by atoms with Crippen molar-refractivity contribution in [3.63, 3.8) is 0 Å². The van der Waals surface area contributed by atoms with E-state index in [9.17, 15) is 9.59 Å². The highest BCUT2D eigenvalue weighted by atomic mass is 32.1. The molecule has 3 N–H and O–H groups in total. The molecular weight excluding hydrogens is 288 g/mol. The van der Waals surface area contributed by atoms with Crippen molar-refractivity contribution in [3.8, 4) is 0 Å². The van der Waals surface area contributed by atoms with E-state index < -0.39 is 5.41 Å². The number of carbonyl (C=O) groups is 2. The lowest BCUT2D eigenvalue weighted by Gasteiger charge is -2.26. The van der Waals surface area contributed by atoms with Crippen LogP contribution >= 0.6 is 11.3 Å². The number of aromatic nitrogens is 1. The van der Waals surface area contributed by atoms with E-state index in [1.165, 1.54) is 11.3 Å². The molecule has 0 atom stereocenters. The van der Waals surface area contributed by atoms with Gasteiger partial charge in [0.15, 0.2) is 5.13 Å². The number of rotatable bonds is 5. The lowest BCUT2D eigenvalue weighted by molar-refractivity contribution is -0.123. The van der Waals surface area contributed by atoms with Gasteiger partial charge in [-0.25, -0.2) is 4.98 Å². The van der Waals surface area contributed by atoms with Crippen LogP contribution in [0.2, 0.25) is 0 Å². The van der Waals surface area contributed by atoms with Gasteiger partial charge in [-0.3, -0.25) is 9.59 Å². The zero-order valence-electron chi connectivity index (χ0n) is 12.7. The second-order valence-corrected chi connectivity index (χ2v) is 7.21. The minimum absolute atomic E-state index is 0.0269.